The second kappa shape index (κ2) is 7.67. The molecule has 0 radical (unpaired) electrons. The first-order valence-electron chi connectivity index (χ1n) is 10.9. The summed E-state index contributed by atoms with van der Waals surface area (Å²) < 4.78 is 1.98. The van der Waals surface area contributed by atoms with Gasteiger partial charge in [0.2, 0.25) is 0 Å². The van der Waals surface area contributed by atoms with Gasteiger partial charge in [0.1, 0.15) is 0 Å². The van der Waals surface area contributed by atoms with E-state index in [0.717, 1.165) is 20.1 Å². The third kappa shape index (κ3) is 3.00. The molecule has 33 heavy (non-hydrogen) atoms. The molecule has 3 aliphatic carbocycles. The monoisotopic (exact) mass is 562 g/mol. The highest BCUT2D eigenvalue weighted by atomic mass is 79.9. The lowest BCUT2D eigenvalue weighted by Gasteiger charge is -2.45. The number of rotatable bonds is 3. The quantitative estimate of drug-likeness (QED) is 0.404. The van der Waals surface area contributed by atoms with Crippen LogP contribution in [0, 0.1) is 18.8 Å². The average molecular weight is 564 g/mol. The largest absolute Gasteiger partial charge is 0.296 e. The van der Waals surface area contributed by atoms with E-state index in [9.17, 15) is 9.59 Å². The SMILES string of the molecule is Cc1c(Br)cc(/C=C/NN2C(=O)[C@H]3C4c5ccccc5C(c5ccccc54)[C@@H]3C2=O)cc1Br. The molecule has 3 aromatic rings. The molecule has 0 saturated carbocycles. The smallest absolute Gasteiger partial charge is 0.253 e. The Morgan fingerprint density at radius 3 is 1.64 bits per heavy atom. The van der Waals surface area contributed by atoms with Gasteiger partial charge in [-0.15, -0.1) is 0 Å². The van der Waals surface area contributed by atoms with E-state index in [-0.39, 0.29) is 35.5 Å². The van der Waals surface area contributed by atoms with Crippen molar-refractivity contribution in [3.05, 3.63) is 109 Å². The summed E-state index contributed by atoms with van der Waals surface area (Å²) in [4.78, 5) is 27.1. The molecule has 7 rings (SSSR count). The maximum Gasteiger partial charge on any atom is 0.253 e. The molecule has 0 aromatic heterocycles. The Hall–Kier alpha value is -2.70. The molecular weight excluding hydrogens is 544 g/mol. The number of hydrogen-bond acceptors (Lipinski definition) is 3. The van der Waals surface area contributed by atoms with Crippen LogP contribution in [0.5, 0.6) is 0 Å². The maximum absolute atomic E-state index is 13.5. The summed E-state index contributed by atoms with van der Waals surface area (Å²) in [6.45, 7) is 2.02. The average Bonchev–Trinajstić information content (AvgIpc) is 3.08. The van der Waals surface area contributed by atoms with Gasteiger partial charge in [-0.2, -0.15) is 5.01 Å². The van der Waals surface area contributed by atoms with Crippen molar-refractivity contribution in [1.82, 2.24) is 10.4 Å². The van der Waals surface area contributed by atoms with E-state index >= 15 is 0 Å². The lowest BCUT2D eigenvalue weighted by molar-refractivity contribution is -0.142. The fourth-order valence-electron chi connectivity index (χ4n) is 5.77. The lowest BCUT2D eigenvalue weighted by Crippen LogP contribution is -2.41. The number of carbonyl (C=O) groups is 2. The van der Waals surface area contributed by atoms with Gasteiger partial charge in [0.25, 0.3) is 11.8 Å². The zero-order valence-corrected chi connectivity index (χ0v) is 20.9. The Morgan fingerprint density at radius 2 is 1.21 bits per heavy atom. The summed E-state index contributed by atoms with van der Waals surface area (Å²) >= 11 is 7.12. The topological polar surface area (TPSA) is 49.4 Å². The van der Waals surface area contributed by atoms with Gasteiger partial charge in [0, 0.05) is 27.0 Å². The molecule has 6 heteroatoms. The summed E-state index contributed by atoms with van der Waals surface area (Å²) in [5.74, 6) is -1.25. The lowest BCUT2D eigenvalue weighted by atomic mass is 9.55. The van der Waals surface area contributed by atoms with Crippen molar-refractivity contribution in [3.8, 4) is 0 Å². The fraction of sp³-hybridized carbons (Fsp3) is 0.185. The van der Waals surface area contributed by atoms with E-state index in [1.54, 1.807) is 6.20 Å². The molecular formula is C27H20Br2N2O2. The Kier molecular flexibility index (Phi) is 4.85. The summed E-state index contributed by atoms with van der Waals surface area (Å²) in [5.41, 5.74) is 9.75. The highest BCUT2D eigenvalue weighted by Crippen LogP contribution is 2.60. The number of halogens is 2. The van der Waals surface area contributed by atoms with Crippen molar-refractivity contribution in [1.29, 1.82) is 0 Å². The van der Waals surface area contributed by atoms with Crippen LogP contribution in [0.4, 0.5) is 0 Å². The van der Waals surface area contributed by atoms with E-state index < -0.39 is 0 Å². The second-order valence-electron chi connectivity index (χ2n) is 8.85. The molecule has 2 bridgehead atoms. The third-order valence-corrected chi connectivity index (χ3v) is 8.88. The number of hydrogen-bond donors (Lipinski definition) is 1. The first-order chi connectivity index (χ1) is 16.0. The normalized spacial score (nSPS) is 24.8. The second-order valence-corrected chi connectivity index (χ2v) is 10.6. The highest BCUT2D eigenvalue weighted by Gasteiger charge is 2.61. The molecule has 164 valence electrons. The number of benzene rings is 3. The fourth-order valence-corrected chi connectivity index (χ4v) is 7.00. The molecule has 1 saturated heterocycles. The first-order valence-corrected chi connectivity index (χ1v) is 12.5. The van der Waals surface area contributed by atoms with Crippen molar-refractivity contribution in [3.63, 3.8) is 0 Å². The van der Waals surface area contributed by atoms with Crippen molar-refractivity contribution in [2.24, 2.45) is 11.8 Å². The molecule has 4 aliphatic rings. The standard InChI is InChI=1S/C27H20Br2N2O2/c1-14-20(28)12-15(13-21(14)29)10-11-30-31-26(32)24-22-16-6-2-3-7-17(16)23(25(24)27(31)33)19-9-5-4-8-18(19)22/h2-13,22-25,30H,1H3/b11-10+/t22?,23?,24-,25-/m0/s1. The molecule has 3 aromatic carbocycles. The van der Waals surface area contributed by atoms with Crippen molar-refractivity contribution >= 4 is 49.8 Å². The summed E-state index contributed by atoms with van der Waals surface area (Å²) in [6, 6.07) is 20.5. The van der Waals surface area contributed by atoms with Gasteiger partial charge in [0.05, 0.1) is 11.8 Å². The third-order valence-electron chi connectivity index (χ3n) is 7.23. The molecule has 0 spiro atoms. The molecule has 2 atom stereocenters. The van der Waals surface area contributed by atoms with E-state index in [1.165, 1.54) is 27.3 Å². The number of nitrogens with zero attached hydrogens (tertiary/aromatic N) is 1. The minimum absolute atomic E-state index is 0.0939. The Bertz CT molecular complexity index is 1230. The van der Waals surface area contributed by atoms with Crippen LogP contribution in [0.1, 0.15) is 45.2 Å². The number of nitrogens with one attached hydrogen (secondary N) is 1. The van der Waals surface area contributed by atoms with Gasteiger partial charge < -0.3 is 0 Å². The summed E-state index contributed by atoms with van der Waals surface area (Å²) in [6.07, 6.45) is 3.52. The van der Waals surface area contributed by atoms with Crippen LogP contribution in [0.25, 0.3) is 6.08 Å². The summed E-state index contributed by atoms with van der Waals surface area (Å²) in [7, 11) is 0. The number of amides is 2. The van der Waals surface area contributed by atoms with Crippen molar-refractivity contribution in [2.45, 2.75) is 18.8 Å². The van der Waals surface area contributed by atoms with E-state index in [0.29, 0.717) is 0 Å². The van der Waals surface area contributed by atoms with Gasteiger partial charge in [-0.05, 0) is 58.5 Å². The van der Waals surface area contributed by atoms with Gasteiger partial charge in [-0.3, -0.25) is 15.0 Å². The van der Waals surface area contributed by atoms with Crippen LogP contribution in [0.2, 0.25) is 0 Å². The minimum Gasteiger partial charge on any atom is -0.296 e. The Morgan fingerprint density at radius 1 is 0.788 bits per heavy atom. The molecule has 2 amide bonds. The van der Waals surface area contributed by atoms with Crippen LogP contribution in [-0.4, -0.2) is 16.8 Å². The van der Waals surface area contributed by atoms with Crippen LogP contribution in [0.15, 0.2) is 75.8 Å². The molecule has 1 fully saturated rings. The predicted octanol–water partition coefficient (Wildman–Crippen LogP) is 5.89. The zero-order valence-electron chi connectivity index (χ0n) is 17.8. The predicted molar refractivity (Wildman–Crippen MR) is 134 cm³/mol. The van der Waals surface area contributed by atoms with Crippen LogP contribution >= 0.6 is 31.9 Å². The maximum atomic E-state index is 13.5. The van der Waals surface area contributed by atoms with Crippen LogP contribution in [0.3, 0.4) is 0 Å². The molecule has 1 N–H and O–H groups in total. The van der Waals surface area contributed by atoms with Crippen molar-refractivity contribution < 1.29 is 9.59 Å². The summed E-state index contributed by atoms with van der Waals surface area (Å²) in [5, 5.41) is 1.22. The molecule has 0 unspecified atom stereocenters. The molecule has 4 nitrogen and oxygen atoms in total. The minimum atomic E-state index is -0.379. The van der Waals surface area contributed by atoms with Gasteiger partial charge >= 0.3 is 0 Å². The van der Waals surface area contributed by atoms with Crippen LogP contribution in [-0.2, 0) is 9.59 Å². The molecule has 1 aliphatic heterocycles. The Balaban J connectivity index is 1.35. The van der Waals surface area contributed by atoms with E-state index in [4.69, 9.17) is 0 Å². The first kappa shape index (κ1) is 20.9. The van der Waals surface area contributed by atoms with Gasteiger partial charge in [-0.1, -0.05) is 80.4 Å². The van der Waals surface area contributed by atoms with E-state index in [1.807, 2.05) is 49.4 Å². The number of imide groups is 1. The van der Waals surface area contributed by atoms with Crippen LogP contribution < -0.4 is 5.43 Å². The van der Waals surface area contributed by atoms with Gasteiger partial charge in [0.15, 0.2) is 0 Å². The van der Waals surface area contributed by atoms with Crippen molar-refractivity contribution in [2.75, 3.05) is 0 Å². The highest BCUT2D eigenvalue weighted by molar-refractivity contribution is 9.11. The number of carbonyl (C=O) groups excluding carboxylic acids is 2. The zero-order chi connectivity index (χ0) is 22.9. The Labute approximate surface area is 208 Å². The van der Waals surface area contributed by atoms with E-state index in [2.05, 4.69) is 61.6 Å². The van der Waals surface area contributed by atoms with Gasteiger partial charge in [-0.25, -0.2) is 0 Å². The molecule has 1 heterocycles. The number of hydrazine groups is 1.